The Morgan fingerprint density at radius 2 is 1.92 bits per heavy atom. The summed E-state index contributed by atoms with van der Waals surface area (Å²) in [7, 11) is 0. The molecule has 12 heavy (non-hydrogen) atoms. The Kier molecular flexibility index (Phi) is 5.16. The molecule has 0 aliphatic carbocycles. The lowest BCUT2D eigenvalue weighted by atomic mass is 10.3. The molecule has 0 aliphatic rings. The van der Waals surface area contributed by atoms with E-state index in [4.69, 9.17) is 0 Å². The number of allylic oxidation sites excluding steroid dienone is 1. The van der Waals surface area contributed by atoms with Gasteiger partial charge in [0.25, 0.3) is 0 Å². The van der Waals surface area contributed by atoms with Gasteiger partial charge < -0.3 is 4.74 Å². The summed E-state index contributed by atoms with van der Waals surface area (Å²) in [4.78, 5) is 10.1. The molecule has 5 heteroatoms. The van der Waals surface area contributed by atoms with Crippen molar-refractivity contribution in [1.29, 1.82) is 0 Å². The van der Waals surface area contributed by atoms with Gasteiger partial charge in [-0.15, -0.1) is 0 Å². The fourth-order valence-electron chi connectivity index (χ4n) is 0.538. The lowest BCUT2D eigenvalue weighted by Gasteiger charge is -1.99. The highest BCUT2D eigenvalue weighted by Gasteiger charge is 2.04. The zero-order valence-corrected chi connectivity index (χ0v) is 6.57. The van der Waals surface area contributed by atoms with Crippen LogP contribution in [0.4, 0.5) is 13.2 Å². The zero-order chi connectivity index (χ0) is 9.56. The molecule has 0 radical (unpaired) electrons. The second kappa shape index (κ2) is 5.62. The molecule has 0 N–H and O–H groups in total. The van der Waals surface area contributed by atoms with Crippen molar-refractivity contribution < 1.29 is 22.7 Å². The second-order valence-corrected chi connectivity index (χ2v) is 2.11. The number of carbonyl (C=O) groups is 1. The average molecular weight is 182 g/mol. The Bertz CT molecular complexity index is 185. The predicted octanol–water partition coefficient (Wildman–Crippen LogP) is 2.41. The maximum Gasteiger partial charge on any atom is 0.302 e. The van der Waals surface area contributed by atoms with Crippen LogP contribution in [0.15, 0.2) is 11.9 Å². The third-order valence-electron chi connectivity index (χ3n) is 1.05. The quantitative estimate of drug-likeness (QED) is 0.493. The second-order valence-electron chi connectivity index (χ2n) is 2.11. The minimum absolute atomic E-state index is 0.0317. The summed E-state index contributed by atoms with van der Waals surface area (Å²) in [5.41, 5.74) is 0. The van der Waals surface area contributed by atoms with Gasteiger partial charge in [0.15, 0.2) is 5.83 Å². The summed E-state index contributed by atoms with van der Waals surface area (Å²) in [5.74, 6) is -1.94. The molecule has 0 rings (SSSR count). The molecule has 0 aromatic rings. The van der Waals surface area contributed by atoms with Crippen LogP contribution in [0.1, 0.15) is 19.8 Å². The molecule has 0 atom stereocenters. The van der Waals surface area contributed by atoms with E-state index in [2.05, 4.69) is 4.74 Å². The molecule has 0 saturated heterocycles. The van der Waals surface area contributed by atoms with Gasteiger partial charge in [0.05, 0.1) is 6.61 Å². The Balaban J connectivity index is 3.45. The molecular formula is C7H9F3O2. The summed E-state index contributed by atoms with van der Waals surface area (Å²) in [5, 5.41) is 0. The lowest BCUT2D eigenvalue weighted by Crippen LogP contribution is -2.00. The van der Waals surface area contributed by atoms with Crippen LogP contribution < -0.4 is 0 Å². The first-order chi connectivity index (χ1) is 5.54. The van der Waals surface area contributed by atoms with Crippen LogP contribution in [0.3, 0.4) is 0 Å². The fraction of sp³-hybridized carbons (Fsp3) is 0.571. The van der Waals surface area contributed by atoms with Crippen LogP contribution in [0, 0.1) is 0 Å². The van der Waals surface area contributed by atoms with Gasteiger partial charge in [-0.1, -0.05) is 0 Å². The van der Waals surface area contributed by atoms with Crippen molar-refractivity contribution in [2.75, 3.05) is 6.61 Å². The first kappa shape index (κ1) is 11.0. The van der Waals surface area contributed by atoms with E-state index in [1.165, 1.54) is 6.92 Å². The molecule has 0 aromatic carbocycles. The van der Waals surface area contributed by atoms with Crippen molar-refractivity contribution in [1.82, 2.24) is 0 Å². The number of hydrogen-bond acceptors (Lipinski definition) is 2. The summed E-state index contributed by atoms with van der Waals surface area (Å²) < 4.78 is 39.3. The van der Waals surface area contributed by atoms with E-state index in [-0.39, 0.29) is 13.0 Å². The minimum atomic E-state index is -2.31. The monoisotopic (exact) mass is 182 g/mol. The van der Waals surface area contributed by atoms with Gasteiger partial charge >= 0.3 is 12.0 Å². The van der Waals surface area contributed by atoms with Gasteiger partial charge in [-0.05, 0) is 6.42 Å². The highest BCUT2D eigenvalue weighted by molar-refractivity contribution is 5.65. The summed E-state index contributed by atoms with van der Waals surface area (Å²) in [6.45, 7) is 1.16. The van der Waals surface area contributed by atoms with E-state index in [1.807, 2.05) is 0 Å². The van der Waals surface area contributed by atoms with Crippen molar-refractivity contribution in [3.05, 3.63) is 11.9 Å². The van der Waals surface area contributed by atoms with Gasteiger partial charge in [-0.25, -0.2) is 4.39 Å². The lowest BCUT2D eigenvalue weighted by molar-refractivity contribution is -0.141. The van der Waals surface area contributed by atoms with E-state index in [9.17, 15) is 18.0 Å². The van der Waals surface area contributed by atoms with E-state index < -0.39 is 24.3 Å². The number of halogens is 3. The molecule has 70 valence electrons. The van der Waals surface area contributed by atoms with E-state index in [0.717, 1.165) is 0 Å². The fourth-order valence-corrected chi connectivity index (χ4v) is 0.538. The first-order valence-corrected chi connectivity index (χ1v) is 3.37. The van der Waals surface area contributed by atoms with Gasteiger partial charge in [0.1, 0.15) is 0 Å². The van der Waals surface area contributed by atoms with Gasteiger partial charge in [-0.3, -0.25) is 4.79 Å². The van der Waals surface area contributed by atoms with Crippen LogP contribution in [-0.4, -0.2) is 12.6 Å². The van der Waals surface area contributed by atoms with E-state index in [0.29, 0.717) is 0 Å². The van der Waals surface area contributed by atoms with Crippen LogP contribution in [0.5, 0.6) is 0 Å². The highest BCUT2D eigenvalue weighted by Crippen LogP contribution is 2.14. The zero-order valence-electron chi connectivity index (χ0n) is 6.57. The molecule has 0 bridgehead atoms. The standard InChI is InChI=1S/C7H9F3O2/c1-5(11)12-4-2-3-6(8)7(9)10/h2-4H2,1H3. The topological polar surface area (TPSA) is 26.3 Å². The molecular weight excluding hydrogens is 173 g/mol. The van der Waals surface area contributed by atoms with Gasteiger partial charge in [-0.2, -0.15) is 8.78 Å². The summed E-state index contributed by atoms with van der Waals surface area (Å²) >= 11 is 0. The largest absolute Gasteiger partial charge is 0.466 e. The smallest absolute Gasteiger partial charge is 0.302 e. The van der Waals surface area contributed by atoms with E-state index in [1.54, 1.807) is 0 Å². The maximum absolute atomic E-state index is 12.0. The molecule has 0 amide bonds. The van der Waals surface area contributed by atoms with Gasteiger partial charge in [0, 0.05) is 13.3 Å². The third-order valence-corrected chi connectivity index (χ3v) is 1.05. The van der Waals surface area contributed by atoms with E-state index >= 15 is 0 Å². The molecule has 2 nitrogen and oxygen atoms in total. The minimum Gasteiger partial charge on any atom is -0.466 e. The molecule has 0 heterocycles. The number of ether oxygens (including phenoxy) is 1. The average Bonchev–Trinajstić information content (AvgIpc) is 1.97. The normalized spacial score (nSPS) is 9.33. The molecule has 0 aliphatic heterocycles. The Morgan fingerprint density at radius 3 is 2.33 bits per heavy atom. The van der Waals surface area contributed by atoms with Crippen molar-refractivity contribution in [3.63, 3.8) is 0 Å². The van der Waals surface area contributed by atoms with Crippen LogP contribution in [0.2, 0.25) is 0 Å². The van der Waals surface area contributed by atoms with Crippen LogP contribution in [-0.2, 0) is 9.53 Å². The van der Waals surface area contributed by atoms with Crippen molar-refractivity contribution in [2.24, 2.45) is 0 Å². The molecule has 0 unspecified atom stereocenters. The SMILES string of the molecule is CC(=O)OCCCC(F)=C(F)F. The first-order valence-electron chi connectivity index (χ1n) is 3.37. The van der Waals surface area contributed by atoms with Crippen molar-refractivity contribution in [3.8, 4) is 0 Å². The molecule has 0 saturated carbocycles. The number of carbonyl (C=O) groups excluding carboxylic acids is 1. The van der Waals surface area contributed by atoms with Crippen molar-refractivity contribution >= 4 is 5.97 Å². The number of esters is 1. The summed E-state index contributed by atoms with van der Waals surface area (Å²) in [6, 6.07) is 0. The molecule has 0 fully saturated rings. The van der Waals surface area contributed by atoms with Crippen LogP contribution >= 0.6 is 0 Å². The Hall–Kier alpha value is -1.00. The number of rotatable bonds is 4. The predicted molar refractivity (Wildman–Crippen MR) is 36.2 cm³/mol. The Morgan fingerprint density at radius 1 is 1.33 bits per heavy atom. The maximum atomic E-state index is 12.0. The third kappa shape index (κ3) is 5.76. The van der Waals surface area contributed by atoms with Gasteiger partial charge in [0.2, 0.25) is 0 Å². The Labute approximate surface area is 68.0 Å². The number of hydrogen-bond donors (Lipinski definition) is 0. The van der Waals surface area contributed by atoms with Crippen molar-refractivity contribution in [2.45, 2.75) is 19.8 Å². The highest BCUT2D eigenvalue weighted by atomic mass is 19.3. The molecule has 0 spiro atoms. The van der Waals surface area contributed by atoms with Crippen LogP contribution in [0.25, 0.3) is 0 Å². The molecule has 0 aromatic heterocycles. The summed E-state index contributed by atoms with van der Waals surface area (Å²) in [6.07, 6.45) is -2.63.